The number of rotatable bonds is 8. The lowest BCUT2D eigenvalue weighted by Gasteiger charge is -2.15. The van der Waals surface area contributed by atoms with E-state index >= 15 is 4.39 Å². The number of aromatic amines is 1. The van der Waals surface area contributed by atoms with E-state index in [0.29, 0.717) is 16.6 Å². The molecular weight excluding hydrogens is 564 g/mol. The third-order valence-electron chi connectivity index (χ3n) is 8.41. The van der Waals surface area contributed by atoms with Crippen LogP contribution in [0.25, 0.3) is 39.1 Å². The number of aliphatic hydroxyl groups is 1. The summed E-state index contributed by atoms with van der Waals surface area (Å²) in [5.41, 5.74) is 2.53. The molecule has 0 unspecified atom stereocenters. The minimum absolute atomic E-state index is 0.00238. The van der Waals surface area contributed by atoms with Gasteiger partial charge in [0, 0.05) is 35.4 Å². The van der Waals surface area contributed by atoms with Crippen LogP contribution in [0.5, 0.6) is 0 Å². The van der Waals surface area contributed by atoms with E-state index in [1.165, 1.54) is 22.8 Å². The maximum absolute atomic E-state index is 15.2. The standard InChI is InChI=1S/C31H28F4N6O2/c32-18-6-7-22(24(11-18)29-39-37-15-41(29)31(34)35)17-8-19(33)10-21(9-17)40-14-25(16-4-5-16)23-12-20(38-28(23)30(40)43)13-36-26-2-1-3-27(26)42/h6-12,14-16,26-27,31,36,38,42H,1-5,13H2/t26-,27+/m0/s1. The van der Waals surface area contributed by atoms with Gasteiger partial charge in [-0.25, -0.2) is 8.78 Å². The van der Waals surface area contributed by atoms with E-state index in [0.717, 1.165) is 67.2 Å². The number of alkyl halides is 2. The Bertz CT molecular complexity index is 1890. The van der Waals surface area contributed by atoms with Crippen LogP contribution in [0, 0.1) is 11.6 Å². The molecule has 0 bridgehead atoms. The molecule has 43 heavy (non-hydrogen) atoms. The summed E-state index contributed by atoms with van der Waals surface area (Å²) in [6, 6.07) is 9.52. The predicted octanol–water partition coefficient (Wildman–Crippen LogP) is 5.80. The third kappa shape index (κ3) is 5.14. The zero-order chi connectivity index (χ0) is 29.8. The molecule has 0 amide bonds. The topological polar surface area (TPSA) is 101 Å². The zero-order valence-corrected chi connectivity index (χ0v) is 22.9. The maximum atomic E-state index is 15.2. The minimum atomic E-state index is -2.97. The first-order valence-electron chi connectivity index (χ1n) is 14.2. The molecule has 2 aromatic carbocycles. The molecule has 2 saturated carbocycles. The van der Waals surface area contributed by atoms with Crippen LogP contribution < -0.4 is 10.9 Å². The molecule has 0 aliphatic heterocycles. The van der Waals surface area contributed by atoms with Crippen LogP contribution in [0.3, 0.4) is 0 Å². The van der Waals surface area contributed by atoms with Gasteiger partial charge in [-0.15, -0.1) is 10.2 Å². The van der Waals surface area contributed by atoms with Crippen LogP contribution in [0.1, 0.15) is 55.8 Å². The van der Waals surface area contributed by atoms with Gasteiger partial charge >= 0.3 is 6.55 Å². The van der Waals surface area contributed by atoms with Gasteiger partial charge in [0.2, 0.25) is 0 Å². The molecule has 8 nitrogen and oxygen atoms in total. The van der Waals surface area contributed by atoms with Gasteiger partial charge in [-0.1, -0.05) is 6.07 Å². The fourth-order valence-electron chi connectivity index (χ4n) is 6.12. The van der Waals surface area contributed by atoms with Crippen molar-refractivity contribution in [1.82, 2.24) is 29.6 Å². The molecule has 2 aliphatic rings. The van der Waals surface area contributed by atoms with E-state index in [1.807, 2.05) is 6.07 Å². The number of hydrogen-bond acceptors (Lipinski definition) is 5. The van der Waals surface area contributed by atoms with Crippen molar-refractivity contribution < 1.29 is 22.7 Å². The highest BCUT2D eigenvalue weighted by molar-refractivity contribution is 5.85. The quantitative estimate of drug-likeness (QED) is 0.198. The average Bonchev–Trinajstić information content (AvgIpc) is 3.34. The molecule has 5 aromatic rings. The number of benzene rings is 2. The molecule has 222 valence electrons. The van der Waals surface area contributed by atoms with Crippen LogP contribution >= 0.6 is 0 Å². The van der Waals surface area contributed by atoms with E-state index in [4.69, 9.17) is 0 Å². The molecule has 0 radical (unpaired) electrons. The van der Waals surface area contributed by atoms with Gasteiger partial charge < -0.3 is 15.4 Å². The molecule has 2 atom stereocenters. The summed E-state index contributed by atoms with van der Waals surface area (Å²) < 4.78 is 58.7. The van der Waals surface area contributed by atoms with Crippen molar-refractivity contribution in [2.24, 2.45) is 0 Å². The van der Waals surface area contributed by atoms with Crippen LogP contribution in [0.2, 0.25) is 0 Å². The van der Waals surface area contributed by atoms with Crippen LogP contribution in [0.4, 0.5) is 17.6 Å². The highest BCUT2D eigenvalue weighted by Crippen LogP contribution is 2.43. The van der Waals surface area contributed by atoms with Crippen molar-refractivity contribution in [1.29, 1.82) is 0 Å². The summed E-state index contributed by atoms with van der Waals surface area (Å²) in [7, 11) is 0. The third-order valence-corrected chi connectivity index (χ3v) is 8.41. The van der Waals surface area contributed by atoms with Crippen molar-refractivity contribution in [3.63, 3.8) is 0 Å². The molecule has 3 N–H and O–H groups in total. The Morgan fingerprint density at radius 2 is 1.86 bits per heavy atom. The van der Waals surface area contributed by atoms with Crippen molar-refractivity contribution >= 4 is 10.9 Å². The number of aliphatic hydroxyl groups excluding tert-OH is 1. The van der Waals surface area contributed by atoms with Gasteiger partial charge in [-0.05, 0) is 91.1 Å². The van der Waals surface area contributed by atoms with E-state index in [-0.39, 0.29) is 51.8 Å². The summed E-state index contributed by atoms with van der Waals surface area (Å²) in [6.07, 6.45) is 6.75. The van der Waals surface area contributed by atoms with E-state index < -0.39 is 18.2 Å². The Hall–Kier alpha value is -4.29. The van der Waals surface area contributed by atoms with Gasteiger partial charge in [0.05, 0.1) is 11.8 Å². The van der Waals surface area contributed by atoms with E-state index in [9.17, 15) is 23.1 Å². The maximum Gasteiger partial charge on any atom is 0.321 e. The first-order valence-corrected chi connectivity index (χ1v) is 14.2. The van der Waals surface area contributed by atoms with Crippen LogP contribution in [0.15, 0.2) is 59.8 Å². The molecule has 3 aromatic heterocycles. The number of nitrogens with zero attached hydrogens (tertiary/aromatic N) is 4. The number of halogens is 4. The Morgan fingerprint density at radius 1 is 1.02 bits per heavy atom. The number of pyridine rings is 1. The van der Waals surface area contributed by atoms with Crippen molar-refractivity contribution in [3.8, 4) is 28.2 Å². The van der Waals surface area contributed by atoms with Crippen molar-refractivity contribution in [3.05, 3.63) is 88.2 Å². The highest BCUT2D eigenvalue weighted by Gasteiger charge is 2.29. The number of H-pyrrole nitrogens is 1. The Balaban J connectivity index is 1.32. The largest absolute Gasteiger partial charge is 0.392 e. The van der Waals surface area contributed by atoms with Gasteiger partial charge in [0.15, 0.2) is 5.82 Å². The highest BCUT2D eigenvalue weighted by atomic mass is 19.3. The van der Waals surface area contributed by atoms with Crippen molar-refractivity contribution in [2.45, 2.75) is 63.3 Å². The lowest BCUT2D eigenvalue weighted by molar-refractivity contribution is 0.0716. The Kier molecular flexibility index (Phi) is 6.89. The van der Waals surface area contributed by atoms with E-state index in [1.54, 1.807) is 12.3 Å². The second kappa shape index (κ2) is 10.8. The molecule has 2 aliphatic carbocycles. The van der Waals surface area contributed by atoms with Gasteiger partial charge in [0.1, 0.15) is 23.5 Å². The minimum Gasteiger partial charge on any atom is -0.392 e. The first kappa shape index (κ1) is 27.5. The fraction of sp³-hybridized carbons (Fsp3) is 0.323. The lowest BCUT2D eigenvalue weighted by atomic mass is 9.98. The second-order valence-electron chi connectivity index (χ2n) is 11.3. The molecule has 0 saturated heterocycles. The van der Waals surface area contributed by atoms with Crippen LogP contribution in [-0.2, 0) is 6.54 Å². The van der Waals surface area contributed by atoms with Gasteiger partial charge in [-0.2, -0.15) is 8.78 Å². The molecule has 3 heterocycles. The summed E-state index contributed by atoms with van der Waals surface area (Å²) in [5.74, 6) is -1.36. The van der Waals surface area contributed by atoms with Crippen molar-refractivity contribution in [2.75, 3.05) is 0 Å². The molecular formula is C31H28F4N6O2. The molecule has 7 rings (SSSR count). The lowest BCUT2D eigenvalue weighted by Crippen LogP contribution is -2.35. The molecule has 0 spiro atoms. The second-order valence-corrected chi connectivity index (χ2v) is 11.3. The Labute approximate surface area is 243 Å². The normalized spacial score (nSPS) is 18.7. The SMILES string of the molecule is O=c1c2[nH]c(CN[C@H]3CCC[C@H]3O)cc2c(C2CC2)cn1-c1cc(F)cc(-c2ccc(F)cc2-c2nncn2C(F)F)c1. The molecule has 2 fully saturated rings. The van der Waals surface area contributed by atoms with Crippen LogP contribution in [-0.4, -0.2) is 41.6 Å². The summed E-state index contributed by atoms with van der Waals surface area (Å²) in [4.78, 5) is 17.1. The number of aromatic nitrogens is 5. The summed E-state index contributed by atoms with van der Waals surface area (Å²) in [5, 5.41) is 21.7. The Morgan fingerprint density at radius 3 is 2.60 bits per heavy atom. The zero-order valence-electron chi connectivity index (χ0n) is 22.9. The number of nitrogens with one attached hydrogen (secondary N) is 2. The average molecular weight is 593 g/mol. The first-order chi connectivity index (χ1) is 20.8. The van der Waals surface area contributed by atoms with Gasteiger partial charge in [0.25, 0.3) is 5.56 Å². The summed E-state index contributed by atoms with van der Waals surface area (Å²) in [6.45, 7) is -2.51. The smallest absolute Gasteiger partial charge is 0.321 e. The molecule has 12 heteroatoms. The monoisotopic (exact) mass is 592 g/mol. The number of fused-ring (bicyclic) bond motifs is 1. The van der Waals surface area contributed by atoms with E-state index in [2.05, 4.69) is 20.5 Å². The fourth-order valence-corrected chi connectivity index (χ4v) is 6.12. The van der Waals surface area contributed by atoms with Gasteiger partial charge in [-0.3, -0.25) is 13.9 Å². The predicted molar refractivity (Wildman–Crippen MR) is 152 cm³/mol. The summed E-state index contributed by atoms with van der Waals surface area (Å²) >= 11 is 0. The number of hydrogen-bond donors (Lipinski definition) is 3.